The number of aromatic nitrogens is 1. The number of hydrogen-bond donors (Lipinski definition) is 0. The summed E-state index contributed by atoms with van der Waals surface area (Å²) in [6.07, 6.45) is 1.09. The fraction of sp³-hybridized carbons (Fsp3) is 0.0588. The van der Waals surface area contributed by atoms with Crippen LogP contribution in [0.25, 0.3) is 10.9 Å². The third-order valence-corrected chi connectivity index (χ3v) is 3.23. The van der Waals surface area contributed by atoms with Crippen molar-refractivity contribution in [1.29, 1.82) is 0 Å². The topological polar surface area (TPSA) is 30.0 Å². The van der Waals surface area contributed by atoms with Gasteiger partial charge in [0.15, 0.2) is 0 Å². The highest BCUT2D eigenvalue weighted by atomic mass is 19.1. The first-order valence-electron chi connectivity index (χ1n) is 6.34. The minimum atomic E-state index is -0.314. The predicted octanol–water partition coefficient (Wildman–Crippen LogP) is 3.78. The number of para-hydroxylation sites is 1. The SMILES string of the molecule is O=Cc1ccc(F)c(Cc2ccc3ccccc3n2)c1. The summed E-state index contributed by atoms with van der Waals surface area (Å²) in [5.74, 6) is -0.314. The lowest BCUT2D eigenvalue weighted by Gasteiger charge is -2.05. The van der Waals surface area contributed by atoms with Gasteiger partial charge in [0.05, 0.1) is 5.52 Å². The molecule has 0 saturated carbocycles. The molecule has 0 amide bonds. The van der Waals surface area contributed by atoms with E-state index in [0.717, 1.165) is 22.9 Å². The van der Waals surface area contributed by atoms with Gasteiger partial charge in [-0.05, 0) is 35.9 Å². The summed E-state index contributed by atoms with van der Waals surface area (Å²) in [5.41, 5.74) is 2.63. The molecule has 0 spiro atoms. The van der Waals surface area contributed by atoms with Gasteiger partial charge >= 0.3 is 0 Å². The third kappa shape index (κ3) is 2.43. The van der Waals surface area contributed by atoms with Crippen molar-refractivity contribution in [3.05, 3.63) is 77.2 Å². The summed E-state index contributed by atoms with van der Waals surface area (Å²) in [7, 11) is 0. The van der Waals surface area contributed by atoms with E-state index in [1.165, 1.54) is 12.1 Å². The molecule has 0 aliphatic carbocycles. The second-order valence-corrected chi connectivity index (χ2v) is 4.64. The molecule has 0 fully saturated rings. The Bertz CT molecular complexity index is 783. The molecule has 1 aromatic heterocycles. The molecule has 3 aromatic rings. The van der Waals surface area contributed by atoms with Crippen molar-refractivity contribution in [3.8, 4) is 0 Å². The van der Waals surface area contributed by atoms with Gasteiger partial charge in [-0.3, -0.25) is 9.78 Å². The molecular weight excluding hydrogens is 253 g/mol. The van der Waals surface area contributed by atoms with Gasteiger partial charge in [0.2, 0.25) is 0 Å². The zero-order chi connectivity index (χ0) is 13.9. The monoisotopic (exact) mass is 265 g/mol. The standard InChI is InChI=1S/C17H12FNO/c18-16-8-5-12(11-20)9-14(16)10-15-7-6-13-3-1-2-4-17(13)19-15/h1-9,11H,10H2. The number of nitrogens with zero attached hydrogens (tertiary/aromatic N) is 1. The predicted molar refractivity (Wildman–Crippen MR) is 76.3 cm³/mol. The Hall–Kier alpha value is -2.55. The number of pyridine rings is 1. The Labute approximate surface area is 115 Å². The Kier molecular flexibility index (Phi) is 3.25. The number of carbonyl (C=O) groups excluding carboxylic acids is 1. The number of hydrogen-bond acceptors (Lipinski definition) is 2. The maximum atomic E-state index is 13.8. The van der Waals surface area contributed by atoms with E-state index < -0.39 is 0 Å². The normalized spacial score (nSPS) is 10.7. The lowest BCUT2D eigenvalue weighted by Crippen LogP contribution is -1.97. The maximum absolute atomic E-state index is 13.8. The average molecular weight is 265 g/mol. The highest BCUT2D eigenvalue weighted by molar-refractivity contribution is 5.78. The summed E-state index contributed by atoms with van der Waals surface area (Å²) in [6, 6.07) is 16.0. The van der Waals surface area contributed by atoms with Gasteiger partial charge in [0.1, 0.15) is 12.1 Å². The quantitative estimate of drug-likeness (QED) is 0.675. The fourth-order valence-electron chi connectivity index (χ4n) is 2.21. The Balaban J connectivity index is 1.98. The van der Waals surface area contributed by atoms with Crippen LogP contribution in [0.3, 0.4) is 0 Å². The van der Waals surface area contributed by atoms with E-state index in [0.29, 0.717) is 17.5 Å². The van der Waals surface area contributed by atoms with E-state index in [4.69, 9.17) is 0 Å². The zero-order valence-electron chi connectivity index (χ0n) is 10.7. The van der Waals surface area contributed by atoms with E-state index >= 15 is 0 Å². The summed E-state index contributed by atoms with van der Waals surface area (Å²) in [4.78, 5) is 15.3. The van der Waals surface area contributed by atoms with E-state index in [2.05, 4.69) is 4.98 Å². The van der Waals surface area contributed by atoms with Gasteiger partial charge < -0.3 is 0 Å². The van der Waals surface area contributed by atoms with Crippen LogP contribution in [0.5, 0.6) is 0 Å². The Morgan fingerprint density at radius 3 is 2.75 bits per heavy atom. The van der Waals surface area contributed by atoms with Crippen LogP contribution in [0.15, 0.2) is 54.6 Å². The molecule has 0 radical (unpaired) electrons. The molecule has 2 aromatic carbocycles. The van der Waals surface area contributed by atoms with Crippen molar-refractivity contribution >= 4 is 17.2 Å². The molecule has 0 N–H and O–H groups in total. The first kappa shape index (κ1) is 12.5. The summed E-state index contributed by atoms with van der Waals surface area (Å²) >= 11 is 0. The van der Waals surface area contributed by atoms with Crippen molar-refractivity contribution in [1.82, 2.24) is 4.98 Å². The fourth-order valence-corrected chi connectivity index (χ4v) is 2.21. The molecule has 0 bridgehead atoms. The third-order valence-electron chi connectivity index (χ3n) is 3.23. The van der Waals surface area contributed by atoms with Gasteiger partial charge in [-0.15, -0.1) is 0 Å². The smallest absolute Gasteiger partial charge is 0.150 e. The molecule has 0 aliphatic heterocycles. The Morgan fingerprint density at radius 1 is 1.05 bits per heavy atom. The van der Waals surface area contributed by atoms with Crippen LogP contribution in [0.2, 0.25) is 0 Å². The van der Waals surface area contributed by atoms with Crippen LogP contribution in [0, 0.1) is 5.82 Å². The minimum absolute atomic E-state index is 0.314. The molecule has 0 aliphatic rings. The van der Waals surface area contributed by atoms with Gasteiger partial charge in [-0.2, -0.15) is 0 Å². The molecule has 0 atom stereocenters. The number of aldehydes is 1. The molecule has 20 heavy (non-hydrogen) atoms. The second-order valence-electron chi connectivity index (χ2n) is 4.64. The van der Waals surface area contributed by atoms with Crippen molar-refractivity contribution in [2.45, 2.75) is 6.42 Å². The number of rotatable bonds is 3. The van der Waals surface area contributed by atoms with Crippen LogP contribution >= 0.6 is 0 Å². The average Bonchev–Trinajstić information content (AvgIpc) is 2.49. The maximum Gasteiger partial charge on any atom is 0.150 e. The summed E-state index contributed by atoms with van der Waals surface area (Å²) < 4.78 is 13.8. The minimum Gasteiger partial charge on any atom is -0.298 e. The van der Waals surface area contributed by atoms with Crippen LogP contribution in [-0.2, 0) is 6.42 Å². The largest absolute Gasteiger partial charge is 0.298 e. The molecule has 3 heteroatoms. The van der Waals surface area contributed by atoms with Crippen molar-refractivity contribution in [3.63, 3.8) is 0 Å². The van der Waals surface area contributed by atoms with Gasteiger partial charge in [0, 0.05) is 23.1 Å². The van der Waals surface area contributed by atoms with Crippen molar-refractivity contribution in [2.24, 2.45) is 0 Å². The number of fused-ring (bicyclic) bond motifs is 1. The molecule has 3 rings (SSSR count). The van der Waals surface area contributed by atoms with Gasteiger partial charge in [0.25, 0.3) is 0 Å². The van der Waals surface area contributed by atoms with Crippen LogP contribution < -0.4 is 0 Å². The van der Waals surface area contributed by atoms with Gasteiger partial charge in [-0.25, -0.2) is 4.39 Å². The van der Waals surface area contributed by atoms with E-state index in [9.17, 15) is 9.18 Å². The zero-order valence-corrected chi connectivity index (χ0v) is 10.7. The molecule has 1 heterocycles. The molecule has 0 saturated heterocycles. The lowest BCUT2D eigenvalue weighted by molar-refractivity contribution is 0.112. The lowest BCUT2D eigenvalue weighted by atomic mass is 10.0. The van der Waals surface area contributed by atoms with Crippen molar-refractivity contribution in [2.75, 3.05) is 0 Å². The van der Waals surface area contributed by atoms with Crippen LogP contribution in [-0.4, -0.2) is 11.3 Å². The number of carbonyl (C=O) groups is 1. The van der Waals surface area contributed by atoms with E-state index in [1.54, 1.807) is 6.07 Å². The highest BCUT2D eigenvalue weighted by Gasteiger charge is 2.06. The number of benzene rings is 2. The van der Waals surface area contributed by atoms with Crippen molar-refractivity contribution < 1.29 is 9.18 Å². The molecular formula is C17H12FNO. The molecule has 0 unspecified atom stereocenters. The summed E-state index contributed by atoms with van der Waals surface area (Å²) in [6.45, 7) is 0. The summed E-state index contributed by atoms with van der Waals surface area (Å²) in [5, 5.41) is 1.05. The van der Waals surface area contributed by atoms with Crippen LogP contribution in [0.4, 0.5) is 4.39 Å². The van der Waals surface area contributed by atoms with E-state index in [-0.39, 0.29) is 5.82 Å². The first-order valence-corrected chi connectivity index (χ1v) is 6.34. The second kappa shape index (κ2) is 5.21. The molecule has 98 valence electrons. The Morgan fingerprint density at radius 2 is 1.90 bits per heavy atom. The number of halogens is 1. The van der Waals surface area contributed by atoms with Gasteiger partial charge in [-0.1, -0.05) is 24.3 Å². The highest BCUT2D eigenvalue weighted by Crippen LogP contribution is 2.17. The van der Waals surface area contributed by atoms with Crippen LogP contribution in [0.1, 0.15) is 21.6 Å². The molecule has 2 nitrogen and oxygen atoms in total. The van der Waals surface area contributed by atoms with E-state index in [1.807, 2.05) is 36.4 Å². The first-order chi connectivity index (χ1) is 9.76.